The smallest absolute Gasteiger partial charge is 0.382 e. The van der Waals surface area contributed by atoms with Gasteiger partial charge in [0.1, 0.15) is 11.4 Å². The zero-order valence-corrected chi connectivity index (χ0v) is 39.9. The van der Waals surface area contributed by atoms with Crippen molar-refractivity contribution in [3.05, 3.63) is 81.0 Å². The lowest BCUT2D eigenvalue weighted by molar-refractivity contribution is -0.325. The molecular formula is C40H49BrCl4F6N14O2. The van der Waals surface area contributed by atoms with E-state index in [4.69, 9.17) is 57.9 Å². The summed E-state index contributed by atoms with van der Waals surface area (Å²) in [6, 6.07) is 14.3. The van der Waals surface area contributed by atoms with Gasteiger partial charge >= 0.3 is 12.7 Å². The van der Waals surface area contributed by atoms with Crippen LogP contribution < -0.4 is 31.5 Å². The van der Waals surface area contributed by atoms with Gasteiger partial charge in [-0.3, -0.25) is 19.4 Å². The topological polar surface area (TPSA) is 186 Å². The van der Waals surface area contributed by atoms with Crippen LogP contribution in [0.1, 0.15) is 7.43 Å². The van der Waals surface area contributed by atoms with E-state index in [1.807, 2.05) is 45.8 Å². The number of hydrogen-bond acceptors (Lipinski definition) is 16. The first-order chi connectivity index (χ1) is 31.3. The minimum atomic E-state index is -4.60. The van der Waals surface area contributed by atoms with Gasteiger partial charge in [-0.2, -0.15) is 9.97 Å². The molecule has 7 rings (SSSR count). The van der Waals surface area contributed by atoms with Gasteiger partial charge in [0.15, 0.2) is 11.6 Å². The predicted molar refractivity (Wildman–Crippen MR) is 256 cm³/mol. The number of alkyl halides is 7. The average molecular weight is 1090 g/mol. The van der Waals surface area contributed by atoms with Crippen molar-refractivity contribution in [3.8, 4) is 22.5 Å². The number of nitrogens with two attached hydrogens (primary N) is 2. The van der Waals surface area contributed by atoms with Gasteiger partial charge in [-0.1, -0.05) is 94.0 Å². The van der Waals surface area contributed by atoms with E-state index in [0.717, 1.165) is 26.2 Å². The molecule has 0 amide bonds. The molecule has 0 unspecified atom stereocenters. The fraction of sp³-hybridized carbons (Fsp3) is 0.425. The summed E-state index contributed by atoms with van der Waals surface area (Å²) in [6.07, 6.45) is -5.51. The van der Waals surface area contributed by atoms with Crippen LogP contribution in [-0.2, 0) is 9.47 Å². The Hall–Kier alpha value is -4.33. The molecular weight excluding hydrogens is 1040 g/mol. The molecule has 0 saturated carbocycles. The average Bonchev–Trinajstić information content (AvgIpc) is 3.28. The number of rotatable bonds is 10. The van der Waals surface area contributed by atoms with E-state index in [1.54, 1.807) is 48.8 Å². The molecule has 2 aromatic carbocycles. The second kappa shape index (κ2) is 27.6. The molecule has 0 atom stereocenters. The van der Waals surface area contributed by atoms with E-state index in [0.29, 0.717) is 86.5 Å². The Morgan fingerprint density at radius 1 is 0.672 bits per heavy atom. The largest absolute Gasteiger partial charge is 0.522 e. The molecule has 0 spiro atoms. The number of aromatic nitrogens is 7. The second-order valence-electron chi connectivity index (χ2n) is 13.8. The Labute approximate surface area is 412 Å². The third-order valence-electron chi connectivity index (χ3n) is 9.07. The molecule has 27 heteroatoms. The number of halogens is 11. The fourth-order valence-corrected chi connectivity index (χ4v) is 6.75. The number of benzene rings is 2. The number of anilines is 5. The maximum atomic E-state index is 12.0. The third kappa shape index (κ3) is 18.9. The first-order valence-electron chi connectivity index (χ1n) is 19.6. The molecule has 3 aromatic heterocycles. The highest BCUT2D eigenvalue weighted by molar-refractivity contribution is 9.09. The van der Waals surface area contributed by atoms with Crippen molar-refractivity contribution < 1.29 is 35.8 Å². The molecule has 5 aromatic rings. The summed E-state index contributed by atoms with van der Waals surface area (Å²) in [5, 5.41) is 21.6. The van der Waals surface area contributed by atoms with Crippen molar-refractivity contribution in [2.45, 2.75) is 20.2 Å². The summed E-state index contributed by atoms with van der Waals surface area (Å²) in [5.74, 6) is 1.35. The summed E-state index contributed by atoms with van der Waals surface area (Å²) in [5.41, 5.74) is 15.2. The summed E-state index contributed by atoms with van der Waals surface area (Å²) < 4.78 is 76.2. The molecule has 2 saturated heterocycles. The standard InChI is InChI=1S/C16H17Cl2F3N6O.C13H14Cl2N6.C7H10N2.C3H4BrF3O.CH4/c17-11-3-1-2-10(12(11)18)13-14(22)23-15(25-24-13)27-6-4-26(5-7-27)8-9-28-16(19,20)21;14-9-3-1-2-8(10(9)15)11-12(16)18-13(20-19-11)21-6-4-17-5-7-21;1-9(2)7-3-5-8-6-4-7;4-1-2-8-3(5,6)7;/h1-3H,4-9H2,(H2,22,23,25);1-3,17H,4-7H2,(H2,16,18,20);3-6H,1-2H3;1-2H2;1H4. The van der Waals surface area contributed by atoms with Gasteiger partial charge in [0.2, 0.25) is 11.9 Å². The van der Waals surface area contributed by atoms with Gasteiger partial charge in [-0.15, -0.1) is 46.7 Å². The van der Waals surface area contributed by atoms with Crippen LogP contribution >= 0.6 is 62.3 Å². The van der Waals surface area contributed by atoms with Crippen molar-refractivity contribution in [1.29, 1.82) is 0 Å². The Morgan fingerprint density at radius 3 is 1.51 bits per heavy atom. The van der Waals surface area contributed by atoms with Crippen molar-refractivity contribution in [3.63, 3.8) is 0 Å². The number of ether oxygens (including phenoxy) is 2. The van der Waals surface area contributed by atoms with Crippen molar-refractivity contribution in [2.75, 3.05) is 118 Å². The van der Waals surface area contributed by atoms with Crippen LogP contribution in [0.15, 0.2) is 60.9 Å². The molecule has 2 fully saturated rings. The zero-order chi connectivity index (χ0) is 48.4. The maximum absolute atomic E-state index is 12.0. The van der Waals surface area contributed by atoms with Crippen LogP contribution in [0.2, 0.25) is 20.1 Å². The Kier molecular flexibility index (Phi) is 23.5. The monoisotopic (exact) mass is 1090 g/mol. The molecule has 0 bridgehead atoms. The molecule has 5 heterocycles. The SMILES string of the molecule is C.CN(C)c1ccncc1.FC(F)(F)OCCBr.Nc1nc(N2CCN(CCOC(F)(F)F)CC2)nnc1-c1cccc(Cl)c1Cl.Nc1nc(N2CCNCC2)nnc1-c1cccc(Cl)c1Cl. The minimum absolute atomic E-state index is 0. The van der Waals surface area contributed by atoms with Crippen LogP contribution in [0.3, 0.4) is 0 Å². The number of pyridine rings is 1. The van der Waals surface area contributed by atoms with E-state index in [-0.39, 0.29) is 31.7 Å². The summed E-state index contributed by atoms with van der Waals surface area (Å²) in [7, 11) is 4.02. The van der Waals surface area contributed by atoms with Gasteiger partial charge in [-0.05, 0) is 24.3 Å². The minimum Gasteiger partial charge on any atom is -0.382 e. The molecule has 16 nitrogen and oxygen atoms in total. The molecule has 2 aliphatic heterocycles. The van der Waals surface area contributed by atoms with Crippen LogP contribution in [0.5, 0.6) is 0 Å². The molecule has 5 N–H and O–H groups in total. The van der Waals surface area contributed by atoms with Gasteiger partial charge in [0.25, 0.3) is 0 Å². The maximum Gasteiger partial charge on any atom is 0.522 e. The molecule has 0 radical (unpaired) electrons. The van der Waals surface area contributed by atoms with Gasteiger partial charge in [0, 0.05) is 108 Å². The molecule has 2 aliphatic rings. The molecule has 0 aliphatic carbocycles. The van der Waals surface area contributed by atoms with Crippen LogP contribution in [0, 0.1) is 0 Å². The molecule has 368 valence electrons. The highest BCUT2D eigenvalue weighted by Gasteiger charge is 2.30. The van der Waals surface area contributed by atoms with E-state index in [1.165, 1.54) is 5.69 Å². The van der Waals surface area contributed by atoms with Gasteiger partial charge in [-0.25, -0.2) is 0 Å². The highest BCUT2D eigenvalue weighted by atomic mass is 79.9. The normalized spacial score (nSPS) is 14.0. The number of nitrogens with one attached hydrogen (secondary N) is 1. The lowest BCUT2D eigenvalue weighted by Gasteiger charge is -2.34. The fourth-order valence-electron chi connectivity index (χ4n) is 5.81. The van der Waals surface area contributed by atoms with Crippen LogP contribution in [-0.4, -0.2) is 145 Å². The number of nitrogens with zero attached hydrogens (tertiary/aromatic N) is 11. The van der Waals surface area contributed by atoms with Gasteiger partial charge < -0.3 is 31.5 Å². The quantitative estimate of drug-likeness (QED) is 0.0891. The van der Waals surface area contributed by atoms with Crippen molar-refractivity contribution in [1.82, 2.24) is 45.6 Å². The Balaban J connectivity index is 0.000000266. The highest BCUT2D eigenvalue weighted by Crippen LogP contribution is 2.36. The summed E-state index contributed by atoms with van der Waals surface area (Å²) in [6.45, 7) is 5.08. The zero-order valence-electron chi connectivity index (χ0n) is 35.3. The van der Waals surface area contributed by atoms with Crippen LogP contribution in [0.25, 0.3) is 22.5 Å². The second-order valence-corrected chi connectivity index (χ2v) is 16.2. The van der Waals surface area contributed by atoms with E-state index in [9.17, 15) is 26.3 Å². The summed E-state index contributed by atoms with van der Waals surface area (Å²) in [4.78, 5) is 20.4. The number of piperazine rings is 2. The lowest BCUT2D eigenvalue weighted by atomic mass is 10.1. The first kappa shape index (κ1) is 57.0. The summed E-state index contributed by atoms with van der Waals surface area (Å²) >= 11 is 27.2. The Morgan fingerprint density at radius 2 is 1.12 bits per heavy atom. The first-order valence-corrected chi connectivity index (χ1v) is 22.3. The van der Waals surface area contributed by atoms with E-state index in [2.05, 4.69) is 66.1 Å². The third-order valence-corrected chi connectivity index (χ3v) is 11.0. The predicted octanol–water partition coefficient (Wildman–Crippen LogP) is 8.62. The lowest BCUT2D eigenvalue weighted by Crippen LogP contribution is -2.48. The van der Waals surface area contributed by atoms with E-state index >= 15 is 0 Å². The van der Waals surface area contributed by atoms with Crippen molar-refractivity contribution >= 4 is 91.6 Å². The van der Waals surface area contributed by atoms with E-state index < -0.39 is 19.3 Å². The number of nitrogen functional groups attached to an aromatic ring is 2. The van der Waals surface area contributed by atoms with Crippen LogP contribution in [0.4, 0.5) is 55.6 Å². The van der Waals surface area contributed by atoms with Gasteiger partial charge in [0.05, 0.1) is 33.3 Å². The number of hydrogen-bond donors (Lipinski definition) is 3. The molecule has 67 heavy (non-hydrogen) atoms. The van der Waals surface area contributed by atoms with Crippen molar-refractivity contribution in [2.24, 2.45) is 0 Å². The Bertz CT molecular complexity index is 2270.